The molecule has 1 aromatic rings. The minimum atomic E-state index is -0.401. The van der Waals surface area contributed by atoms with Crippen molar-refractivity contribution in [2.45, 2.75) is 77.0 Å². The lowest BCUT2D eigenvalue weighted by Crippen LogP contribution is -2.25. The van der Waals surface area contributed by atoms with Gasteiger partial charge in [-0.3, -0.25) is 0 Å². The molecule has 2 fully saturated rings. The fourth-order valence-electron chi connectivity index (χ4n) is 5.09. The molecule has 3 rings (SSSR count). The first-order chi connectivity index (χ1) is 11.6. The molecule has 0 saturated heterocycles. The van der Waals surface area contributed by atoms with Gasteiger partial charge in [0.25, 0.3) is 0 Å². The Morgan fingerprint density at radius 3 is 1.88 bits per heavy atom. The molecule has 0 aromatic heterocycles. The molecule has 0 nitrogen and oxygen atoms in total. The number of benzene rings is 1. The van der Waals surface area contributed by atoms with Crippen molar-refractivity contribution in [3.05, 3.63) is 32.9 Å². The molecular formula is C21H29F2I. The molecule has 0 bridgehead atoms. The monoisotopic (exact) mass is 446 g/mol. The average molecular weight is 446 g/mol. The summed E-state index contributed by atoms with van der Waals surface area (Å²) in [5.41, 5.74) is 0.871. The van der Waals surface area contributed by atoms with Crippen molar-refractivity contribution in [3.8, 4) is 0 Å². The Balaban J connectivity index is 1.53. The lowest BCUT2D eigenvalue weighted by Gasteiger charge is -2.38. The average Bonchev–Trinajstić information content (AvgIpc) is 2.60. The molecular weight excluding hydrogens is 417 g/mol. The van der Waals surface area contributed by atoms with E-state index in [9.17, 15) is 8.78 Å². The molecule has 0 spiro atoms. The summed E-state index contributed by atoms with van der Waals surface area (Å²) >= 11 is 1.75. The number of hydrogen-bond donors (Lipinski definition) is 0. The lowest BCUT2D eigenvalue weighted by molar-refractivity contribution is 0.156. The van der Waals surface area contributed by atoms with E-state index in [0.29, 0.717) is 5.92 Å². The van der Waals surface area contributed by atoms with E-state index in [1.54, 1.807) is 34.7 Å². The van der Waals surface area contributed by atoms with Crippen LogP contribution in [0.3, 0.4) is 0 Å². The third-order valence-corrected chi connectivity index (χ3v) is 7.53. The summed E-state index contributed by atoms with van der Waals surface area (Å²) in [5, 5.41) is 0. The Morgan fingerprint density at radius 1 is 0.875 bits per heavy atom. The number of halogens is 3. The van der Waals surface area contributed by atoms with Crippen molar-refractivity contribution in [2.24, 2.45) is 17.8 Å². The Morgan fingerprint density at radius 2 is 1.38 bits per heavy atom. The Labute approximate surface area is 158 Å². The zero-order valence-corrected chi connectivity index (χ0v) is 16.8. The summed E-state index contributed by atoms with van der Waals surface area (Å²) in [6.07, 6.45) is 13.1. The molecule has 0 radical (unpaired) electrons. The molecule has 0 atom stereocenters. The van der Waals surface area contributed by atoms with Gasteiger partial charge >= 0.3 is 0 Å². The second-order valence-electron chi connectivity index (χ2n) is 7.98. The van der Waals surface area contributed by atoms with Gasteiger partial charge in [-0.05, 0) is 102 Å². The molecule has 3 heteroatoms. The van der Waals surface area contributed by atoms with E-state index in [1.165, 1.54) is 51.4 Å². The minimum absolute atomic E-state index is 0.119. The van der Waals surface area contributed by atoms with E-state index in [-0.39, 0.29) is 3.57 Å². The van der Waals surface area contributed by atoms with Crippen LogP contribution in [0.2, 0.25) is 0 Å². The zero-order chi connectivity index (χ0) is 17.1. The van der Waals surface area contributed by atoms with Gasteiger partial charge in [-0.1, -0.05) is 32.6 Å². The van der Waals surface area contributed by atoms with Crippen LogP contribution in [0.15, 0.2) is 12.1 Å². The highest BCUT2D eigenvalue weighted by molar-refractivity contribution is 14.1. The van der Waals surface area contributed by atoms with E-state index >= 15 is 0 Å². The second kappa shape index (κ2) is 8.46. The van der Waals surface area contributed by atoms with Crippen molar-refractivity contribution in [1.29, 1.82) is 0 Å². The van der Waals surface area contributed by atoms with Crippen LogP contribution < -0.4 is 0 Å². The van der Waals surface area contributed by atoms with E-state index in [2.05, 4.69) is 6.92 Å². The normalized spacial score (nSPS) is 31.2. The van der Waals surface area contributed by atoms with Crippen LogP contribution >= 0.6 is 22.6 Å². The number of hydrogen-bond acceptors (Lipinski definition) is 0. The molecule has 0 amide bonds. The topological polar surface area (TPSA) is 0 Å². The fraction of sp³-hybridized carbons (Fsp3) is 0.714. The van der Waals surface area contributed by atoms with Gasteiger partial charge in [0.15, 0.2) is 0 Å². The lowest BCUT2D eigenvalue weighted by atomic mass is 9.68. The zero-order valence-electron chi connectivity index (χ0n) is 14.7. The molecule has 0 aliphatic heterocycles. The van der Waals surface area contributed by atoms with E-state index < -0.39 is 11.6 Å². The van der Waals surface area contributed by atoms with Gasteiger partial charge in [0, 0.05) is 0 Å². The predicted molar refractivity (Wildman–Crippen MR) is 104 cm³/mol. The van der Waals surface area contributed by atoms with Gasteiger partial charge in [-0.25, -0.2) is 8.78 Å². The standard InChI is InChI=1S/C21H29F2I/c1-2-3-14-4-6-15(7-5-14)16-8-10-17(11-9-16)18-12-19(22)21(24)20(23)13-18/h12-17H,2-11H2,1H3. The SMILES string of the molecule is CCCC1CCC(C2CCC(c3cc(F)c(I)c(F)c3)CC2)CC1. The van der Waals surface area contributed by atoms with E-state index in [4.69, 9.17) is 0 Å². The minimum Gasteiger partial charge on any atom is -0.206 e. The summed E-state index contributed by atoms with van der Waals surface area (Å²) < 4.78 is 27.7. The Hall–Kier alpha value is -0.190. The molecule has 0 unspecified atom stereocenters. The first-order valence-corrected chi connectivity index (χ1v) is 10.8. The molecule has 1 aromatic carbocycles. The van der Waals surface area contributed by atoms with Crippen molar-refractivity contribution in [2.75, 3.05) is 0 Å². The van der Waals surface area contributed by atoms with Gasteiger partial charge in [-0.2, -0.15) is 0 Å². The second-order valence-corrected chi connectivity index (χ2v) is 9.06. The van der Waals surface area contributed by atoms with Crippen LogP contribution in [0.4, 0.5) is 8.78 Å². The quantitative estimate of drug-likeness (QED) is 0.333. The highest BCUT2D eigenvalue weighted by Crippen LogP contribution is 2.44. The summed E-state index contributed by atoms with van der Waals surface area (Å²) in [6, 6.07) is 3.12. The Kier molecular flexibility index (Phi) is 6.56. The summed E-state index contributed by atoms with van der Waals surface area (Å²) in [6.45, 7) is 2.30. The summed E-state index contributed by atoms with van der Waals surface area (Å²) in [7, 11) is 0. The first kappa shape index (κ1) is 18.6. The molecule has 0 N–H and O–H groups in total. The predicted octanol–water partition coefficient (Wildman–Crippen LogP) is 7.45. The molecule has 2 saturated carbocycles. The summed E-state index contributed by atoms with van der Waals surface area (Å²) in [5.74, 6) is 2.27. The molecule has 0 heterocycles. The van der Waals surface area contributed by atoms with Crippen molar-refractivity contribution < 1.29 is 8.78 Å². The van der Waals surface area contributed by atoms with E-state index in [0.717, 1.165) is 36.2 Å². The Bertz CT molecular complexity index is 518. The molecule has 2 aliphatic carbocycles. The van der Waals surface area contributed by atoms with E-state index in [1.807, 2.05) is 0 Å². The largest absolute Gasteiger partial charge is 0.206 e. The van der Waals surface area contributed by atoms with Gasteiger partial charge in [0.2, 0.25) is 0 Å². The maximum absolute atomic E-state index is 13.8. The van der Waals surface area contributed by atoms with Gasteiger partial charge in [0.1, 0.15) is 11.6 Å². The van der Waals surface area contributed by atoms with Crippen LogP contribution in [0.25, 0.3) is 0 Å². The van der Waals surface area contributed by atoms with Gasteiger partial charge in [0.05, 0.1) is 3.57 Å². The van der Waals surface area contributed by atoms with Crippen LogP contribution in [0.5, 0.6) is 0 Å². The maximum Gasteiger partial charge on any atom is 0.139 e. The van der Waals surface area contributed by atoms with Crippen molar-refractivity contribution >= 4 is 22.6 Å². The smallest absolute Gasteiger partial charge is 0.139 e. The van der Waals surface area contributed by atoms with Crippen LogP contribution in [-0.2, 0) is 0 Å². The van der Waals surface area contributed by atoms with Crippen LogP contribution in [0, 0.1) is 33.0 Å². The van der Waals surface area contributed by atoms with Gasteiger partial charge in [-0.15, -0.1) is 0 Å². The van der Waals surface area contributed by atoms with Crippen LogP contribution in [0.1, 0.15) is 82.6 Å². The van der Waals surface area contributed by atoms with Gasteiger partial charge < -0.3 is 0 Å². The highest BCUT2D eigenvalue weighted by Gasteiger charge is 2.31. The van der Waals surface area contributed by atoms with Crippen molar-refractivity contribution in [3.63, 3.8) is 0 Å². The fourth-order valence-corrected chi connectivity index (χ4v) is 5.40. The molecule has 2 aliphatic rings. The molecule has 24 heavy (non-hydrogen) atoms. The highest BCUT2D eigenvalue weighted by atomic mass is 127. The van der Waals surface area contributed by atoms with Crippen molar-refractivity contribution in [1.82, 2.24) is 0 Å². The van der Waals surface area contributed by atoms with Crippen LogP contribution in [-0.4, -0.2) is 0 Å². The first-order valence-electron chi connectivity index (χ1n) is 9.72. The summed E-state index contributed by atoms with van der Waals surface area (Å²) in [4.78, 5) is 0. The third-order valence-electron chi connectivity index (χ3n) is 6.50. The number of rotatable bonds is 4. The molecule has 134 valence electrons. The third kappa shape index (κ3) is 4.31. The maximum atomic E-state index is 13.8.